The fraction of sp³-hybridized carbons (Fsp3) is 0.435. The molecule has 0 saturated heterocycles. The molecule has 4 aliphatic carbocycles. The fourth-order valence-electron chi connectivity index (χ4n) is 6.19. The zero-order valence-corrected chi connectivity index (χ0v) is 15.8. The summed E-state index contributed by atoms with van der Waals surface area (Å²) in [5.74, 6) is 3.11. The Hall–Kier alpha value is -1.57. The summed E-state index contributed by atoms with van der Waals surface area (Å²) in [7, 11) is 0. The van der Waals surface area contributed by atoms with E-state index in [0.29, 0.717) is 5.75 Å². The number of hydrogen-bond acceptors (Lipinski definition) is 2. The number of phenolic OH excluding ortho intramolecular Hbond substituents is 1. The summed E-state index contributed by atoms with van der Waals surface area (Å²) in [6, 6.07) is 16.2. The number of aromatic hydroxyl groups is 1. The van der Waals surface area contributed by atoms with Crippen molar-refractivity contribution in [1.82, 2.24) is 0 Å². The Labute approximate surface area is 166 Å². The summed E-state index contributed by atoms with van der Waals surface area (Å²) in [5, 5.41) is 11.0. The van der Waals surface area contributed by atoms with Gasteiger partial charge in [-0.1, -0.05) is 30.3 Å². The van der Waals surface area contributed by atoms with Crippen molar-refractivity contribution in [1.29, 1.82) is 0 Å². The summed E-state index contributed by atoms with van der Waals surface area (Å²) < 4.78 is 0. The fourth-order valence-corrected chi connectivity index (χ4v) is 6.19. The molecule has 4 bridgehead atoms. The minimum Gasteiger partial charge on any atom is -0.507 e. The molecular formula is C23H25CuNO. The third-order valence-corrected chi connectivity index (χ3v) is 6.79. The third kappa shape index (κ3) is 3.02. The second-order valence-electron chi connectivity index (χ2n) is 8.54. The summed E-state index contributed by atoms with van der Waals surface area (Å²) in [5.41, 5.74) is 3.16. The molecule has 0 aromatic heterocycles. The molecule has 0 spiro atoms. The molecule has 0 amide bonds. The summed E-state index contributed by atoms with van der Waals surface area (Å²) in [6.45, 7) is 0. The summed E-state index contributed by atoms with van der Waals surface area (Å²) in [4.78, 5) is 4.54. The predicted octanol–water partition coefficient (Wildman–Crippen LogP) is 5.61. The van der Waals surface area contributed by atoms with Gasteiger partial charge in [0.15, 0.2) is 0 Å². The van der Waals surface area contributed by atoms with Crippen molar-refractivity contribution in [3.8, 4) is 5.75 Å². The van der Waals surface area contributed by atoms with Crippen LogP contribution in [0, 0.1) is 17.8 Å². The average Bonchev–Trinajstić information content (AvgIpc) is 2.60. The summed E-state index contributed by atoms with van der Waals surface area (Å²) >= 11 is 0. The van der Waals surface area contributed by atoms with Gasteiger partial charge in [0.1, 0.15) is 5.75 Å². The average molecular weight is 395 g/mol. The molecular weight excluding hydrogens is 370 g/mol. The number of phenols is 1. The Kier molecular flexibility index (Phi) is 4.71. The van der Waals surface area contributed by atoms with E-state index in [1.165, 1.54) is 44.1 Å². The molecule has 0 unspecified atom stereocenters. The van der Waals surface area contributed by atoms with Crippen molar-refractivity contribution in [2.45, 2.75) is 43.9 Å². The van der Waals surface area contributed by atoms with Gasteiger partial charge in [0.05, 0.1) is 5.69 Å². The molecule has 0 atom stereocenters. The molecule has 2 aromatic carbocycles. The first-order valence-corrected chi connectivity index (χ1v) is 9.63. The van der Waals surface area contributed by atoms with E-state index >= 15 is 0 Å². The largest absolute Gasteiger partial charge is 0.507 e. The number of hydrogen-bond donors (Lipinski definition) is 1. The molecule has 6 rings (SSSR count). The van der Waals surface area contributed by atoms with Gasteiger partial charge in [-0.2, -0.15) is 0 Å². The quantitative estimate of drug-likeness (QED) is 0.532. The SMILES string of the molecule is Oc1c(C=Nc2ccccc2)cccc1C12CC3CC(CC(C3)C1)C2.[Cu]. The number of rotatable bonds is 3. The van der Waals surface area contributed by atoms with Gasteiger partial charge in [-0.25, -0.2) is 0 Å². The van der Waals surface area contributed by atoms with Gasteiger partial charge < -0.3 is 5.11 Å². The molecule has 2 aromatic rings. The van der Waals surface area contributed by atoms with E-state index in [4.69, 9.17) is 0 Å². The van der Waals surface area contributed by atoms with Gasteiger partial charge >= 0.3 is 0 Å². The zero-order chi connectivity index (χ0) is 16.9. The van der Waals surface area contributed by atoms with Crippen molar-refractivity contribution in [2.75, 3.05) is 0 Å². The van der Waals surface area contributed by atoms with E-state index < -0.39 is 0 Å². The van der Waals surface area contributed by atoms with Crippen LogP contribution in [0.5, 0.6) is 5.75 Å². The van der Waals surface area contributed by atoms with Crippen LogP contribution in [0.15, 0.2) is 53.5 Å². The predicted molar refractivity (Wildman–Crippen MR) is 102 cm³/mol. The van der Waals surface area contributed by atoms with Gasteiger partial charge in [0.25, 0.3) is 0 Å². The van der Waals surface area contributed by atoms with E-state index in [2.05, 4.69) is 17.1 Å². The first-order chi connectivity index (χ1) is 12.2. The first-order valence-electron chi connectivity index (χ1n) is 9.63. The van der Waals surface area contributed by atoms with Crippen LogP contribution in [-0.2, 0) is 22.5 Å². The Morgan fingerprint density at radius 1 is 0.846 bits per heavy atom. The second kappa shape index (κ2) is 6.87. The molecule has 1 radical (unpaired) electrons. The van der Waals surface area contributed by atoms with Crippen molar-refractivity contribution in [3.63, 3.8) is 0 Å². The normalized spacial score (nSPS) is 31.9. The van der Waals surface area contributed by atoms with Gasteiger partial charge in [0, 0.05) is 34.4 Å². The van der Waals surface area contributed by atoms with Crippen LogP contribution in [0.2, 0.25) is 0 Å². The number of nitrogens with zero attached hydrogens (tertiary/aromatic N) is 1. The maximum absolute atomic E-state index is 11.0. The van der Waals surface area contributed by atoms with Gasteiger partial charge in [-0.3, -0.25) is 4.99 Å². The number of para-hydroxylation sites is 2. The van der Waals surface area contributed by atoms with Crippen molar-refractivity contribution in [2.24, 2.45) is 22.7 Å². The number of aliphatic imine (C=N–C) groups is 1. The van der Waals surface area contributed by atoms with E-state index in [1.54, 1.807) is 0 Å². The van der Waals surface area contributed by atoms with Crippen LogP contribution in [-0.4, -0.2) is 11.3 Å². The molecule has 26 heavy (non-hydrogen) atoms. The summed E-state index contributed by atoms with van der Waals surface area (Å²) in [6.07, 6.45) is 9.90. The molecule has 4 fully saturated rings. The van der Waals surface area contributed by atoms with Crippen molar-refractivity contribution >= 4 is 11.9 Å². The van der Waals surface area contributed by atoms with Gasteiger partial charge in [-0.15, -0.1) is 0 Å². The van der Waals surface area contributed by atoms with E-state index in [1.807, 2.05) is 42.6 Å². The zero-order valence-electron chi connectivity index (χ0n) is 14.9. The first kappa shape index (κ1) is 17.8. The topological polar surface area (TPSA) is 32.6 Å². The molecule has 3 heteroatoms. The second-order valence-corrected chi connectivity index (χ2v) is 8.54. The van der Waals surface area contributed by atoms with Crippen LogP contribution in [0.1, 0.15) is 49.7 Å². The van der Waals surface area contributed by atoms with E-state index in [9.17, 15) is 5.11 Å². The molecule has 139 valence electrons. The Balaban J connectivity index is 0.00000168. The number of benzene rings is 2. The van der Waals surface area contributed by atoms with E-state index in [-0.39, 0.29) is 22.5 Å². The van der Waals surface area contributed by atoms with Crippen molar-refractivity contribution < 1.29 is 22.2 Å². The maximum atomic E-state index is 11.0. The van der Waals surface area contributed by atoms with Crippen LogP contribution < -0.4 is 0 Å². The minimum absolute atomic E-state index is 0. The molecule has 0 aliphatic heterocycles. The smallest absolute Gasteiger partial charge is 0.128 e. The van der Waals surface area contributed by atoms with Crippen LogP contribution in [0.25, 0.3) is 0 Å². The molecule has 1 N–H and O–H groups in total. The van der Waals surface area contributed by atoms with Crippen molar-refractivity contribution in [3.05, 3.63) is 59.7 Å². The van der Waals surface area contributed by atoms with Crippen LogP contribution in [0.4, 0.5) is 5.69 Å². The van der Waals surface area contributed by atoms with E-state index in [0.717, 1.165) is 29.0 Å². The Bertz CT molecular complexity index is 779. The maximum Gasteiger partial charge on any atom is 0.128 e. The van der Waals surface area contributed by atoms with Gasteiger partial charge in [-0.05, 0) is 79.9 Å². The third-order valence-electron chi connectivity index (χ3n) is 6.79. The monoisotopic (exact) mass is 394 g/mol. The van der Waals surface area contributed by atoms with Crippen LogP contribution >= 0.6 is 0 Å². The molecule has 4 aliphatic rings. The van der Waals surface area contributed by atoms with Crippen LogP contribution in [0.3, 0.4) is 0 Å². The van der Waals surface area contributed by atoms with Gasteiger partial charge in [0.2, 0.25) is 0 Å². The Morgan fingerprint density at radius 3 is 2.08 bits per heavy atom. The molecule has 0 heterocycles. The minimum atomic E-state index is 0. The molecule has 2 nitrogen and oxygen atoms in total. The standard InChI is InChI=1S/C23H25NO.Cu/c25-22-19(15-24-20-6-2-1-3-7-20)5-4-8-21(22)23-12-16-9-17(13-23)11-18(10-16)14-23;/h1-8,15-18,25H,9-14H2;. The molecule has 4 saturated carbocycles. The Morgan fingerprint density at radius 2 is 1.46 bits per heavy atom.